The Bertz CT molecular complexity index is 603. The van der Waals surface area contributed by atoms with Gasteiger partial charge in [0.05, 0.1) is 24.1 Å². The van der Waals surface area contributed by atoms with E-state index in [-0.39, 0.29) is 6.42 Å². The first kappa shape index (κ1) is 23.2. The van der Waals surface area contributed by atoms with Crippen LogP contribution in [0.5, 0.6) is 0 Å². The highest BCUT2D eigenvalue weighted by atomic mass is 19.4. The van der Waals surface area contributed by atoms with Crippen LogP contribution in [0.1, 0.15) is 39.5 Å². The van der Waals surface area contributed by atoms with E-state index in [1.807, 2.05) is 24.1 Å². The van der Waals surface area contributed by atoms with Crippen LogP contribution in [0, 0.1) is 0 Å². The smallest absolute Gasteiger partial charge is 0.306 e. The quantitative estimate of drug-likeness (QED) is 0.333. The summed E-state index contributed by atoms with van der Waals surface area (Å²) in [5.74, 6) is 0. The van der Waals surface area contributed by atoms with Crippen molar-refractivity contribution in [3.63, 3.8) is 0 Å². The first-order valence-corrected chi connectivity index (χ1v) is 9.19. The van der Waals surface area contributed by atoms with E-state index in [1.54, 1.807) is 12.3 Å². The lowest BCUT2D eigenvalue weighted by Gasteiger charge is -2.33. The fourth-order valence-electron chi connectivity index (χ4n) is 2.68. The van der Waals surface area contributed by atoms with Gasteiger partial charge in [-0.05, 0) is 32.1 Å². The third-order valence-corrected chi connectivity index (χ3v) is 4.51. The molecule has 1 aliphatic carbocycles. The Balaban J connectivity index is 2.82. The first-order chi connectivity index (χ1) is 12.7. The Labute approximate surface area is 160 Å². The molecule has 7 heteroatoms. The van der Waals surface area contributed by atoms with Crippen LogP contribution in [0.3, 0.4) is 0 Å². The second kappa shape index (κ2) is 11.1. The van der Waals surface area contributed by atoms with Crippen molar-refractivity contribution in [2.75, 3.05) is 20.8 Å². The summed E-state index contributed by atoms with van der Waals surface area (Å²) in [5, 5.41) is 7.29. The standard InChI is InChI=1S/C20H31F3N4/c1-6-7-9-16(2)25-15-26(4)27(5)19(14-24-3)17-10-8-11-18(13-12-17)20(21,22)23/h8,10-11,13-14,16,25H,3,6-7,9,12,15H2,1-2,4-5H3/b19-14-. The molecule has 0 radical (unpaired) electrons. The van der Waals surface area contributed by atoms with Gasteiger partial charge in [-0.15, -0.1) is 0 Å². The Morgan fingerprint density at radius 2 is 2.11 bits per heavy atom. The first-order valence-electron chi connectivity index (χ1n) is 9.19. The van der Waals surface area contributed by atoms with Gasteiger partial charge in [-0.1, -0.05) is 44.1 Å². The molecular formula is C20H31F3N4. The van der Waals surface area contributed by atoms with Crippen molar-refractivity contribution in [3.8, 4) is 0 Å². The minimum absolute atomic E-state index is 0.168. The number of nitrogens with one attached hydrogen (secondary N) is 1. The summed E-state index contributed by atoms with van der Waals surface area (Å²) in [4.78, 5) is 3.84. The summed E-state index contributed by atoms with van der Waals surface area (Å²) in [6.45, 7) is 8.42. The Morgan fingerprint density at radius 3 is 2.70 bits per heavy atom. The molecule has 0 saturated carbocycles. The van der Waals surface area contributed by atoms with Crippen molar-refractivity contribution in [3.05, 3.63) is 47.3 Å². The van der Waals surface area contributed by atoms with Crippen LogP contribution in [-0.4, -0.2) is 49.7 Å². The summed E-state index contributed by atoms with van der Waals surface area (Å²) >= 11 is 0. The lowest BCUT2D eigenvalue weighted by Crippen LogP contribution is -2.44. The highest BCUT2D eigenvalue weighted by Gasteiger charge is 2.32. The molecule has 0 spiro atoms. The molecule has 27 heavy (non-hydrogen) atoms. The molecule has 0 aromatic carbocycles. The van der Waals surface area contributed by atoms with Crippen LogP contribution in [-0.2, 0) is 0 Å². The molecule has 152 valence electrons. The number of rotatable bonds is 10. The van der Waals surface area contributed by atoms with E-state index >= 15 is 0 Å². The van der Waals surface area contributed by atoms with E-state index in [0.717, 1.165) is 24.5 Å². The molecule has 0 fully saturated rings. The topological polar surface area (TPSA) is 30.9 Å². The number of hydrogen-bond donors (Lipinski definition) is 1. The number of alkyl halides is 3. The second-order valence-electron chi connectivity index (χ2n) is 6.70. The van der Waals surface area contributed by atoms with Crippen molar-refractivity contribution in [1.82, 2.24) is 15.3 Å². The van der Waals surface area contributed by atoms with Crippen LogP contribution < -0.4 is 5.32 Å². The van der Waals surface area contributed by atoms with E-state index in [1.165, 1.54) is 18.6 Å². The number of halogens is 3. The molecule has 0 bridgehead atoms. The van der Waals surface area contributed by atoms with Crippen molar-refractivity contribution in [2.24, 2.45) is 4.99 Å². The highest BCUT2D eigenvalue weighted by molar-refractivity contribution is 5.41. The number of nitrogens with zero attached hydrogens (tertiary/aromatic N) is 3. The van der Waals surface area contributed by atoms with Gasteiger partial charge in [0.25, 0.3) is 0 Å². The molecule has 0 amide bonds. The number of aliphatic imine (C=N–C) groups is 1. The summed E-state index contributed by atoms with van der Waals surface area (Å²) in [6, 6.07) is 0.392. The predicted octanol–water partition coefficient (Wildman–Crippen LogP) is 4.81. The largest absolute Gasteiger partial charge is 0.416 e. The monoisotopic (exact) mass is 384 g/mol. The number of hydrogen-bond acceptors (Lipinski definition) is 4. The fourth-order valence-corrected chi connectivity index (χ4v) is 2.68. The van der Waals surface area contributed by atoms with Gasteiger partial charge < -0.3 is 10.3 Å². The Morgan fingerprint density at radius 1 is 1.41 bits per heavy atom. The Kier molecular flexibility index (Phi) is 9.52. The van der Waals surface area contributed by atoms with Crippen LogP contribution in [0.15, 0.2) is 52.3 Å². The molecule has 1 unspecified atom stereocenters. The third-order valence-electron chi connectivity index (χ3n) is 4.51. The molecule has 1 aliphatic rings. The lowest BCUT2D eigenvalue weighted by molar-refractivity contribution is -0.0883. The van der Waals surface area contributed by atoms with Crippen molar-refractivity contribution in [1.29, 1.82) is 0 Å². The van der Waals surface area contributed by atoms with E-state index in [0.29, 0.717) is 18.4 Å². The minimum Gasteiger partial charge on any atom is -0.306 e. The van der Waals surface area contributed by atoms with Gasteiger partial charge in [0.2, 0.25) is 0 Å². The van der Waals surface area contributed by atoms with Gasteiger partial charge in [0, 0.05) is 20.1 Å². The molecule has 0 saturated heterocycles. The van der Waals surface area contributed by atoms with Crippen LogP contribution in [0.4, 0.5) is 13.2 Å². The molecule has 0 aromatic rings. The number of likely N-dealkylation sites (N-methyl/N-ethyl adjacent to an activating group) is 1. The number of allylic oxidation sites excluding steroid dienone is 6. The predicted molar refractivity (Wildman–Crippen MR) is 106 cm³/mol. The highest BCUT2D eigenvalue weighted by Crippen LogP contribution is 2.31. The number of unbranched alkanes of at least 4 members (excludes halogenated alkanes) is 1. The van der Waals surface area contributed by atoms with Crippen molar-refractivity contribution >= 4 is 6.72 Å². The van der Waals surface area contributed by atoms with Crippen LogP contribution in [0.25, 0.3) is 0 Å². The molecule has 0 aliphatic heterocycles. The zero-order valence-electron chi connectivity index (χ0n) is 16.7. The van der Waals surface area contributed by atoms with Gasteiger partial charge in [-0.25, -0.2) is 5.01 Å². The maximum Gasteiger partial charge on any atom is 0.416 e. The van der Waals surface area contributed by atoms with Gasteiger partial charge >= 0.3 is 6.18 Å². The van der Waals surface area contributed by atoms with Gasteiger partial charge in [-0.3, -0.25) is 4.99 Å². The van der Waals surface area contributed by atoms with E-state index in [4.69, 9.17) is 0 Å². The lowest BCUT2D eigenvalue weighted by atomic mass is 10.1. The summed E-state index contributed by atoms with van der Waals surface area (Å²) in [5.41, 5.74) is 0.813. The molecule has 1 atom stereocenters. The minimum atomic E-state index is -4.35. The van der Waals surface area contributed by atoms with Crippen molar-refractivity contribution < 1.29 is 13.2 Å². The molecule has 0 aromatic heterocycles. The maximum atomic E-state index is 12.9. The van der Waals surface area contributed by atoms with Gasteiger partial charge in [0.1, 0.15) is 0 Å². The normalized spacial score (nSPS) is 16.7. The van der Waals surface area contributed by atoms with Gasteiger partial charge in [-0.2, -0.15) is 13.2 Å². The van der Waals surface area contributed by atoms with Crippen molar-refractivity contribution in [2.45, 2.75) is 51.7 Å². The van der Waals surface area contributed by atoms with E-state index in [9.17, 15) is 13.2 Å². The zero-order valence-corrected chi connectivity index (χ0v) is 16.7. The molecule has 0 heterocycles. The molecule has 1 rings (SSSR count). The summed E-state index contributed by atoms with van der Waals surface area (Å²) in [6.07, 6.45) is 6.24. The SMILES string of the molecule is C=N/C=C(/C1=CC=CC(C(F)(F)F)=CC1)N(C)N(C)CNC(C)CCCC. The third kappa shape index (κ3) is 7.72. The maximum absolute atomic E-state index is 12.9. The molecule has 4 nitrogen and oxygen atoms in total. The van der Waals surface area contributed by atoms with Gasteiger partial charge in [0.15, 0.2) is 0 Å². The summed E-state index contributed by atoms with van der Waals surface area (Å²) < 4.78 is 38.8. The van der Waals surface area contributed by atoms with E-state index in [2.05, 4.69) is 30.9 Å². The average molecular weight is 384 g/mol. The zero-order chi connectivity index (χ0) is 20.4. The fraction of sp³-hybridized carbons (Fsp3) is 0.550. The average Bonchev–Trinajstić information content (AvgIpc) is 2.87. The molecule has 1 N–H and O–H groups in total. The Hall–Kier alpha value is -1.86. The second-order valence-corrected chi connectivity index (χ2v) is 6.70. The van der Waals surface area contributed by atoms with Crippen LogP contribution >= 0.6 is 0 Å². The molecular weight excluding hydrogens is 353 g/mol. The summed E-state index contributed by atoms with van der Waals surface area (Å²) in [7, 11) is 3.78. The van der Waals surface area contributed by atoms with E-state index < -0.39 is 11.7 Å². The number of hydrazine groups is 1. The van der Waals surface area contributed by atoms with Crippen LogP contribution in [0.2, 0.25) is 0 Å².